The Bertz CT molecular complexity index is 622. The van der Waals surface area contributed by atoms with Gasteiger partial charge >= 0.3 is 0 Å². The third-order valence-electron chi connectivity index (χ3n) is 5.77. The van der Waals surface area contributed by atoms with Gasteiger partial charge in [0.2, 0.25) is 0 Å². The van der Waals surface area contributed by atoms with E-state index in [-0.39, 0.29) is 11.4 Å². The summed E-state index contributed by atoms with van der Waals surface area (Å²) < 4.78 is 19.6. The number of nitrogens with one attached hydrogen (secondary N) is 2. The van der Waals surface area contributed by atoms with Crippen molar-refractivity contribution in [2.24, 2.45) is 10.9 Å². The van der Waals surface area contributed by atoms with Crippen LogP contribution in [0.25, 0.3) is 0 Å². The van der Waals surface area contributed by atoms with Gasteiger partial charge in [0.25, 0.3) is 0 Å². The molecular formula is C21H33FN4O. The zero-order valence-corrected chi connectivity index (χ0v) is 16.6. The number of ether oxygens (including phenoxy) is 1. The average Bonchev–Trinajstić information content (AvgIpc) is 3.12. The van der Waals surface area contributed by atoms with Crippen LogP contribution in [-0.4, -0.2) is 56.3 Å². The highest BCUT2D eigenvalue weighted by Crippen LogP contribution is 2.24. The SMILES string of the molecule is CN=C(NCC1CCN(Cc2ccccc2F)CC1)NCC1(C)CCCO1. The van der Waals surface area contributed by atoms with Crippen LogP contribution in [0.3, 0.4) is 0 Å². The molecule has 2 N–H and O–H groups in total. The fourth-order valence-electron chi connectivity index (χ4n) is 3.92. The van der Waals surface area contributed by atoms with Crippen LogP contribution in [-0.2, 0) is 11.3 Å². The molecule has 0 aliphatic carbocycles. The predicted molar refractivity (Wildman–Crippen MR) is 107 cm³/mol. The summed E-state index contributed by atoms with van der Waals surface area (Å²) in [6.45, 7) is 7.45. The van der Waals surface area contributed by atoms with Crippen LogP contribution in [0.5, 0.6) is 0 Å². The van der Waals surface area contributed by atoms with Gasteiger partial charge in [-0.05, 0) is 57.7 Å². The molecule has 1 aromatic rings. The zero-order valence-electron chi connectivity index (χ0n) is 16.6. The number of nitrogens with zero attached hydrogens (tertiary/aromatic N) is 2. The molecule has 0 aromatic heterocycles. The van der Waals surface area contributed by atoms with E-state index < -0.39 is 0 Å². The van der Waals surface area contributed by atoms with Crippen molar-refractivity contribution in [3.05, 3.63) is 35.6 Å². The fraction of sp³-hybridized carbons (Fsp3) is 0.667. The van der Waals surface area contributed by atoms with Crippen molar-refractivity contribution in [2.45, 2.75) is 44.8 Å². The Morgan fingerprint density at radius 3 is 2.74 bits per heavy atom. The van der Waals surface area contributed by atoms with E-state index in [2.05, 4.69) is 27.4 Å². The molecular weight excluding hydrogens is 343 g/mol. The van der Waals surface area contributed by atoms with E-state index in [1.807, 2.05) is 19.2 Å². The smallest absolute Gasteiger partial charge is 0.191 e. The third-order valence-corrected chi connectivity index (χ3v) is 5.77. The van der Waals surface area contributed by atoms with Gasteiger partial charge in [-0.3, -0.25) is 9.89 Å². The van der Waals surface area contributed by atoms with Crippen LogP contribution in [0.1, 0.15) is 38.2 Å². The second-order valence-electron chi connectivity index (χ2n) is 8.02. The molecule has 0 bridgehead atoms. The molecule has 0 saturated carbocycles. The van der Waals surface area contributed by atoms with Gasteiger partial charge in [-0.25, -0.2) is 4.39 Å². The maximum atomic E-state index is 13.8. The molecule has 2 heterocycles. The molecule has 2 saturated heterocycles. The molecule has 27 heavy (non-hydrogen) atoms. The minimum atomic E-state index is -0.101. The van der Waals surface area contributed by atoms with Crippen LogP contribution in [0.4, 0.5) is 4.39 Å². The van der Waals surface area contributed by atoms with E-state index in [0.29, 0.717) is 12.5 Å². The highest BCUT2D eigenvalue weighted by Gasteiger charge is 2.29. The number of halogens is 1. The lowest BCUT2D eigenvalue weighted by Gasteiger charge is -2.32. The number of hydrogen-bond acceptors (Lipinski definition) is 3. The van der Waals surface area contributed by atoms with Gasteiger partial charge in [-0.15, -0.1) is 0 Å². The van der Waals surface area contributed by atoms with Crippen molar-refractivity contribution < 1.29 is 9.13 Å². The average molecular weight is 377 g/mol. The highest BCUT2D eigenvalue weighted by molar-refractivity contribution is 5.79. The Hall–Kier alpha value is -1.66. The summed E-state index contributed by atoms with van der Waals surface area (Å²) >= 11 is 0. The lowest BCUT2D eigenvalue weighted by Crippen LogP contribution is -2.47. The standard InChI is InChI=1S/C21H33FN4O/c1-21(10-5-13-27-21)16-25-20(23-2)24-14-17-8-11-26(12-9-17)15-18-6-3-4-7-19(18)22/h3-4,6-7,17H,5,8-16H2,1-2H3,(H2,23,24,25). The predicted octanol–water partition coefficient (Wildman–Crippen LogP) is 2.77. The maximum Gasteiger partial charge on any atom is 0.191 e. The Kier molecular flexibility index (Phi) is 7.07. The van der Waals surface area contributed by atoms with Crippen LogP contribution in [0.2, 0.25) is 0 Å². The first kappa shape index (κ1) is 20.1. The zero-order chi connectivity index (χ0) is 19.1. The van der Waals surface area contributed by atoms with Crippen LogP contribution in [0.15, 0.2) is 29.3 Å². The first-order valence-electron chi connectivity index (χ1n) is 10.1. The molecule has 0 spiro atoms. The maximum absolute atomic E-state index is 13.8. The summed E-state index contributed by atoms with van der Waals surface area (Å²) in [6, 6.07) is 7.08. The second kappa shape index (κ2) is 9.51. The summed E-state index contributed by atoms with van der Waals surface area (Å²) in [5.74, 6) is 1.37. The molecule has 0 amide bonds. The summed E-state index contributed by atoms with van der Waals surface area (Å²) in [7, 11) is 1.81. The number of benzene rings is 1. The summed E-state index contributed by atoms with van der Waals surface area (Å²) in [5, 5.41) is 6.86. The van der Waals surface area contributed by atoms with Gasteiger partial charge in [0, 0.05) is 38.9 Å². The van der Waals surface area contributed by atoms with Crippen molar-refractivity contribution in [1.29, 1.82) is 0 Å². The van der Waals surface area contributed by atoms with Crippen LogP contribution >= 0.6 is 0 Å². The Morgan fingerprint density at radius 2 is 2.07 bits per heavy atom. The van der Waals surface area contributed by atoms with Crippen molar-refractivity contribution in [3.63, 3.8) is 0 Å². The Labute approximate surface area is 162 Å². The van der Waals surface area contributed by atoms with Crippen LogP contribution < -0.4 is 10.6 Å². The number of rotatable bonds is 6. The van der Waals surface area contributed by atoms with E-state index in [9.17, 15) is 4.39 Å². The van der Waals surface area contributed by atoms with E-state index >= 15 is 0 Å². The van der Waals surface area contributed by atoms with Gasteiger partial charge in [-0.2, -0.15) is 0 Å². The molecule has 1 atom stereocenters. The minimum Gasteiger partial charge on any atom is -0.373 e. The molecule has 2 aliphatic heterocycles. The van der Waals surface area contributed by atoms with Crippen molar-refractivity contribution in [3.8, 4) is 0 Å². The van der Waals surface area contributed by atoms with Crippen LogP contribution in [0, 0.1) is 11.7 Å². The van der Waals surface area contributed by atoms with Crippen molar-refractivity contribution >= 4 is 5.96 Å². The Balaban J connectivity index is 1.36. The first-order valence-corrected chi connectivity index (χ1v) is 10.1. The normalized spacial score (nSPS) is 24.9. The third kappa shape index (κ3) is 5.91. The number of aliphatic imine (C=N–C) groups is 1. The number of likely N-dealkylation sites (tertiary alicyclic amines) is 1. The number of hydrogen-bond donors (Lipinski definition) is 2. The molecule has 5 nitrogen and oxygen atoms in total. The van der Waals surface area contributed by atoms with Gasteiger partial charge < -0.3 is 15.4 Å². The topological polar surface area (TPSA) is 48.9 Å². The van der Waals surface area contributed by atoms with Crippen molar-refractivity contribution in [1.82, 2.24) is 15.5 Å². The lowest BCUT2D eigenvalue weighted by atomic mass is 9.96. The molecule has 1 aromatic carbocycles. The van der Waals surface area contributed by atoms with Gasteiger partial charge in [0.05, 0.1) is 5.60 Å². The van der Waals surface area contributed by atoms with Gasteiger partial charge in [0.1, 0.15) is 5.82 Å². The number of guanidine groups is 1. The van der Waals surface area contributed by atoms with Gasteiger partial charge in [0.15, 0.2) is 5.96 Å². The fourth-order valence-corrected chi connectivity index (χ4v) is 3.92. The van der Waals surface area contributed by atoms with Gasteiger partial charge in [-0.1, -0.05) is 18.2 Å². The molecule has 6 heteroatoms. The minimum absolute atomic E-state index is 0.0737. The Morgan fingerprint density at radius 1 is 1.30 bits per heavy atom. The summed E-state index contributed by atoms with van der Waals surface area (Å²) in [5.41, 5.74) is 0.719. The van der Waals surface area contributed by atoms with E-state index in [1.54, 1.807) is 12.1 Å². The lowest BCUT2D eigenvalue weighted by molar-refractivity contribution is 0.0242. The molecule has 2 aliphatic rings. The first-order chi connectivity index (χ1) is 13.1. The van der Waals surface area contributed by atoms with E-state index in [4.69, 9.17) is 4.74 Å². The quantitative estimate of drug-likeness (QED) is 0.592. The summed E-state index contributed by atoms with van der Waals surface area (Å²) in [4.78, 5) is 6.68. The van der Waals surface area contributed by atoms with Crippen molar-refractivity contribution in [2.75, 3.05) is 39.8 Å². The van der Waals surface area contributed by atoms with E-state index in [1.165, 1.54) is 0 Å². The molecule has 3 rings (SSSR count). The molecule has 2 fully saturated rings. The summed E-state index contributed by atoms with van der Waals surface area (Å²) in [6.07, 6.45) is 4.48. The largest absolute Gasteiger partial charge is 0.373 e. The second-order valence-corrected chi connectivity index (χ2v) is 8.02. The monoisotopic (exact) mass is 376 g/mol. The number of piperidine rings is 1. The molecule has 0 radical (unpaired) electrons. The molecule has 1 unspecified atom stereocenters. The van der Waals surface area contributed by atoms with E-state index in [0.717, 1.165) is 70.0 Å². The highest BCUT2D eigenvalue weighted by atomic mass is 19.1. The molecule has 150 valence electrons.